The van der Waals surface area contributed by atoms with Gasteiger partial charge in [-0.15, -0.1) is 0 Å². The van der Waals surface area contributed by atoms with Gasteiger partial charge in [0.05, 0.1) is 50.8 Å². The summed E-state index contributed by atoms with van der Waals surface area (Å²) >= 11 is 0. The van der Waals surface area contributed by atoms with E-state index in [1.165, 1.54) is 71.7 Å². The SMILES string of the molecule is CC(C)(C)c1cc(-c2cc3c4c(c2)N(c2c(-c5cccc6c5c5ccccc5n6-c5ccccc5)cccc2-n2c5ccccc5c5cc(C#N)ccc52)c2ccc(C(C)(C)C)cc2B4c2cc(C(C)(C)C)ccc2N3c2c(-c3ccccc3)cc(C(C)(C)C)cc2-c2ccccc2)cc(C(C)(C)C)c1. The Kier molecular flexibility index (Phi) is 15.5. The van der Waals surface area contributed by atoms with E-state index in [0.717, 1.165) is 106 Å². The molecular formula is C99H90BN5. The second kappa shape index (κ2) is 24.4. The minimum Gasteiger partial charge on any atom is -0.310 e. The monoisotopic (exact) mass is 1360 g/mol. The topological polar surface area (TPSA) is 40.1 Å². The van der Waals surface area contributed by atoms with Crippen molar-refractivity contribution in [2.24, 2.45) is 0 Å². The van der Waals surface area contributed by atoms with E-state index in [9.17, 15) is 5.26 Å². The van der Waals surface area contributed by atoms with Crippen LogP contribution in [0.4, 0.5) is 34.1 Å². The molecule has 0 unspecified atom stereocenters. The molecule has 0 bridgehead atoms. The van der Waals surface area contributed by atoms with Gasteiger partial charge in [-0.3, -0.25) is 0 Å². The summed E-state index contributed by atoms with van der Waals surface area (Å²) in [5, 5.41) is 15.1. The van der Waals surface area contributed by atoms with Crippen LogP contribution in [0.25, 0.3) is 99.5 Å². The maximum Gasteiger partial charge on any atom is 0.252 e. The quantitative estimate of drug-likeness (QED) is 0.142. The lowest BCUT2D eigenvalue weighted by molar-refractivity contribution is 0.569. The van der Waals surface area contributed by atoms with Crippen molar-refractivity contribution in [2.75, 3.05) is 9.80 Å². The average Bonchev–Trinajstić information content (AvgIpc) is 0.826. The van der Waals surface area contributed by atoms with Crippen LogP contribution in [0.15, 0.2) is 273 Å². The van der Waals surface area contributed by atoms with Gasteiger partial charge < -0.3 is 18.9 Å². The Labute approximate surface area is 620 Å². The molecule has 514 valence electrons. The van der Waals surface area contributed by atoms with Gasteiger partial charge >= 0.3 is 0 Å². The number of rotatable bonds is 8. The van der Waals surface area contributed by atoms with E-state index in [1.54, 1.807) is 0 Å². The van der Waals surface area contributed by atoms with E-state index in [1.807, 2.05) is 6.07 Å². The average molecular weight is 1360 g/mol. The summed E-state index contributed by atoms with van der Waals surface area (Å²) in [5.41, 5.74) is 32.1. The van der Waals surface area contributed by atoms with E-state index < -0.39 is 0 Å². The third kappa shape index (κ3) is 11.1. The summed E-state index contributed by atoms with van der Waals surface area (Å²) in [5.74, 6) is 0. The molecule has 0 aliphatic carbocycles. The summed E-state index contributed by atoms with van der Waals surface area (Å²) in [6.45, 7) is 35.2. The van der Waals surface area contributed by atoms with Crippen molar-refractivity contribution in [1.82, 2.24) is 9.13 Å². The molecule has 0 radical (unpaired) electrons. The lowest BCUT2D eigenvalue weighted by atomic mass is 9.33. The standard InChI is InChI=1S/C99H90BN5/c1-95(2,3)67-46-49-85-80(59-67)100-81-60-68(96(4,5)6)47-50-86(81)105(94-75(40-30-44-88(94)103-82-41-27-25-37-73(82)79-51-62(61-101)45-48-84(79)103)74-39-29-43-87-91(74)76-38-26-28-42-83(76)102(87)72-35-23-18-24-36-72)90-55-66(65-52-69(97(7,8)9)56-70(53-65)98(10,11)12)54-89(92(90)100)104(85)93-77(63-31-19-16-20-32-63)57-71(99(13,14)15)58-78(93)64-33-21-17-22-34-64/h16-60H,1-15H3. The zero-order chi connectivity index (χ0) is 73.0. The van der Waals surface area contributed by atoms with Gasteiger partial charge in [0, 0.05) is 66.7 Å². The van der Waals surface area contributed by atoms with E-state index in [4.69, 9.17) is 0 Å². The van der Waals surface area contributed by atoms with E-state index >= 15 is 0 Å². The molecule has 0 atom stereocenters. The van der Waals surface area contributed by atoms with E-state index in [-0.39, 0.29) is 33.8 Å². The van der Waals surface area contributed by atoms with Gasteiger partial charge in [-0.25, -0.2) is 0 Å². The van der Waals surface area contributed by atoms with Crippen LogP contribution < -0.4 is 26.2 Å². The molecule has 0 saturated heterocycles. The highest BCUT2D eigenvalue weighted by Gasteiger charge is 2.47. The number of aromatic nitrogens is 2. The molecule has 2 aliphatic rings. The fourth-order valence-corrected chi connectivity index (χ4v) is 16.8. The number of nitriles is 1. The van der Waals surface area contributed by atoms with Gasteiger partial charge in [-0.1, -0.05) is 286 Å². The van der Waals surface area contributed by atoms with Crippen molar-refractivity contribution in [2.45, 2.75) is 131 Å². The highest BCUT2D eigenvalue weighted by Crippen LogP contribution is 2.56. The van der Waals surface area contributed by atoms with Crippen LogP contribution >= 0.6 is 0 Å². The predicted octanol–water partition coefficient (Wildman–Crippen LogP) is 25.0. The molecule has 17 rings (SSSR count). The van der Waals surface area contributed by atoms with Crippen LogP contribution in [-0.4, -0.2) is 15.8 Å². The molecular weight excluding hydrogens is 1270 g/mol. The molecule has 0 spiro atoms. The maximum atomic E-state index is 10.7. The molecule has 13 aromatic carbocycles. The summed E-state index contributed by atoms with van der Waals surface area (Å²) in [7, 11) is 0. The first-order valence-corrected chi connectivity index (χ1v) is 37.4. The van der Waals surface area contributed by atoms with Crippen LogP contribution in [0, 0.1) is 11.3 Å². The highest BCUT2D eigenvalue weighted by atomic mass is 15.2. The summed E-state index contributed by atoms with van der Waals surface area (Å²) in [4.78, 5) is 5.44. The van der Waals surface area contributed by atoms with Crippen LogP contribution in [0.3, 0.4) is 0 Å². The zero-order valence-corrected chi connectivity index (χ0v) is 63.3. The molecule has 6 heteroatoms. The molecule has 105 heavy (non-hydrogen) atoms. The van der Waals surface area contributed by atoms with Crippen molar-refractivity contribution in [3.63, 3.8) is 0 Å². The van der Waals surface area contributed by atoms with E-state index in [2.05, 4.69) is 396 Å². The number of hydrogen-bond acceptors (Lipinski definition) is 3. The van der Waals surface area contributed by atoms with Crippen LogP contribution in [-0.2, 0) is 27.1 Å². The third-order valence-electron chi connectivity index (χ3n) is 22.4. The van der Waals surface area contributed by atoms with Gasteiger partial charge in [0.1, 0.15) is 0 Å². The predicted molar refractivity (Wildman–Crippen MR) is 449 cm³/mol. The fraction of sp³-hybridized carbons (Fsp3) is 0.202. The molecule has 0 N–H and O–H groups in total. The highest BCUT2D eigenvalue weighted by molar-refractivity contribution is 7.00. The Balaban J connectivity index is 1.11. The number of benzene rings is 13. The van der Waals surface area contributed by atoms with Crippen LogP contribution in [0.2, 0.25) is 0 Å². The Bertz CT molecular complexity index is 5970. The Morgan fingerprint density at radius 3 is 1.28 bits per heavy atom. The van der Waals surface area contributed by atoms with Gasteiger partial charge in [-0.2, -0.15) is 5.26 Å². The van der Waals surface area contributed by atoms with Gasteiger partial charge in [0.25, 0.3) is 6.71 Å². The number of hydrogen-bond donors (Lipinski definition) is 0. The molecule has 0 saturated carbocycles. The summed E-state index contributed by atoms with van der Waals surface area (Å²) in [6.07, 6.45) is 0. The Hall–Kier alpha value is -11.4. The third-order valence-corrected chi connectivity index (χ3v) is 22.4. The van der Waals surface area contributed by atoms with Gasteiger partial charge in [0.15, 0.2) is 0 Å². The molecule has 0 amide bonds. The smallest absolute Gasteiger partial charge is 0.252 e. The minimum absolute atomic E-state index is 0.173. The second-order valence-corrected chi connectivity index (χ2v) is 34.5. The summed E-state index contributed by atoms with van der Waals surface area (Å²) < 4.78 is 4.95. The maximum absolute atomic E-state index is 10.7. The first-order chi connectivity index (χ1) is 50.2. The van der Waals surface area contributed by atoms with Crippen molar-refractivity contribution in [3.8, 4) is 62.0 Å². The number of nitrogens with zero attached hydrogens (tertiary/aromatic N) is 5. The van der Waals surface area contributed by atoms with Gasteiger partial charge in [-0.05, 0) is 190 Å². The lowest BCUT2D eigenvalue weighted by Gasteiger charge is -2.46. The van der Waals surface area contributed by atoms with E-state index in [0.29, 0.717) is 5.56 Å². The van der Waals surface area contributed by atoms with Gasteiger partial charge in [0.2, 0.25) is 0 Å². The Morgan fingerprint density at radius 2 is 0.733 bits per heavy atom. The lowest BCUT2D eigenvalue weighted by Crippen LogP contribution is -2.61. The second-order valence-electron chi connectivity index (χ2n) is 34.5. The van der Waals surface area contributed by atoms with Crippen molar-refractivity contribution < 1.29 is 0 Å². The molecule has 2 aliphatic heterocycles. The fourth-order valence-electron chi connectivity index (χ4n) is 16.8. The number of para-hydroxylation sites is 4. The minimum atomic E-state index is -0.244. The van der Waals surface area contributed by atoms with Crippen LogP contribution in [0.1, 0.15) is 137 Å². The summed E-state index contributed by atoms with van der Waals surface area (Å²) in [6, 6.07) is 106. The molecule has 5 nitrogen and oxygen atoms in total. The van der Waals surface area contributed by atoms with Crippen molar-refractivity contribution >= 4 is 101 Å². The van der Waals surface area contributed by atoms with Crippen molar-refractivity contribution in [1.29, 1.82) is 5.26 Å². The Morgan fingerprint density at radius 1 is 0.286 bits per heavy atom. The normalized spacial score (nSPS) is 13.2. The van der Waals surface area contributed by atoms with Crippen LogP contribution in [0.5, 0.6) is 0 Å². The molecule has 15 aromatic rings. The largest absolute Gasteiger partial charge is 0.310 e. The number of anilines is 6. The molecule has 0 fully saturated rings. The number of fused-ring (bicyclic) bond motifs is 10. The molecule has 2 aromatic heterocycles. The first-order valence-electron chi connectivity index (χ1n) is 37.4. The molecule has 4 heterocycles. The van der Waals surface area contributed by atoms with Crippen molar-refractivity contribution in [3.05, 3.63) is 306 Å². The zero-order valence-electron chi connectivity index (χ0n) is 63.3. The first kappa shape index (κ1) is 66.8.